The molecule has 1 aliphatic heterocycles. The second-order valence-corrected chi connectivity index (χ2v) is 9.50. The SMILES string of the molecule is CCC(C)C1CC(C(N)=O)=Cc2ccccc2N1NC1(C)CCCc2oc(C)c(C)c21. The molecule has 5 heteroatoms. The lowest BCUT2D eigenvalue weighted by atomic mass is 9.79. The Morgan fingerprint density at radius 1 is 1.35 bits per heavy atom. The van der Waals surface area contributed by atoms with E-state index in [-0.39, 0.29) is 17.5 Å². The van der Waals surface area contributed by atoms with Gasteiger partial charge in [-0.25, -0.2) is 5.43 Å². The van der Waals surface area contributed by atoms with Gasteiger partial charge < -0.3 is 15.2 Å². The molecule has 31 heavy (non-hydrogen) atoms. The third-order valence-corrected chi connectivity index (χ3v) is 7.36. The number of carbonyl (C=O) groups is 1. The number of primary amides is 1. The maximum atomic E-state index is 12.2. The van der Waals surface area contributed by atoms with E-state index >= 15 is 0 Å². The molecule has 166 valence electrons. The number of hydrogen-bond acceptors (Lipinski definition) is 4. The van der Waals surface area contributed by atoms with E-state index in [1.54, 1.807) is 0 Å². The predicted molar refractivity (Wildman–Crippen MR) is 126 cm³/mol. The number of aryl methyl sites for hydroxylation is 2. The number of furan rings is 1. The number of nitrogens with one attached hydrogen (secondary N) is 1. The topological polar surface area (TPSA) is 71.5 Å². The van der Waals surface area contributed by atoms with Crippen molar-refractivity contribution in [3.63, 3.8) is 0 Å². The molecule has 1 amide bonds. The molecule has 0 spiro atoms. The van der Waals surface area contributed by atoms with Crippen LogP contribution < -0.4 is 16.2 Å². The number of carbonyl (C=O) groups excluding carboxylic acids is 1. The standard InChI is InChI=1S/C26H35N3O2/c1-6-16(2)22-15-20(25(27)30)14-19-10-7-8-11-21(19)29(22)28-26(5)13-9-12-23-24(26)17(3)18(4)31-23/h7-8,10-11,14,16,22,28H,6,9,12-13,15H2,1-5H3,(H2,27,30). The molecule has 0 saturated heterocycles. The Balaban J connectivity index is 1.82. The summed E-state index contributed by atoms with van der Waals surface area (Å²) in [5.41, 5.74) is 14.8. The van der Waals surface area contributed by atoms with Crippen LogP contribution in [0.25, 0.3) is 6.08 Å². The lowest BCUT2D eigenvalue weighted by Gasteiger charge is -2.45. The first kappa shape index (κ1) is 21.7. The van der Waals surface area contributed by atoms with E-state index in [4.69, 9.17) is 10.2 Å². The van der Waals surface area contributed by atoms with Crippen molar-refractivity contribution in [2.24, 2.45) is 11.7 Å². The highest BCUT2D eigenvalue weighted by molar-refractivity contribution is 5.98. The van der Waals surface area contributed by atoms with Gasteiger partial charge in [-0.2, -0.15) is 0 Å². The molecule has 0 bridgehead atoms. The van der Waals surface area contributed by atoms with Gasteiger partial charge >= 0.3 is 0 Å². The number of anilines is 1. The number of benzene rings is 1. The molecule has 1 aliphatic carbocycles. The zero-order valence-electron chi connectivity index (χ0n) is 19.4. The highest BCUT2D eigenvalue weighted by Gasteiger charge is 2.41. The average molecular weight is 422 g/mol. The van der Waals surface area contributed by atoms with E-state index in [0.717, 1.165) is 48.5 Å². The van der Waals surface area contributed by atoms with Gasteiger partial charge in [-0.1, -0.05) is 38.5 Å². The normalized spacial score (nSPS) is 24.1. The van der Waals surface area contributed by atoms with Crippen molar-refractivity contribution in [1.82, 2.24) is 5.43 Å². The van der Waals surface area contributed by atoms with Crippen LogP contribution in [0.15, 0.2) is 34.3 Å². The van der Waals surface area contributed by atoms with E-state index < -0.39 is 0 Å². The van der Waals surface area contributed by atoms with Gasteiger partial charge in [0, 0.05) is 17.6 Å². The molecule has 3 N–H and O–H groups in total. The first-order chi connectivity index (χ1) is 14.7. The van der Waals surface area contributed by atoms with Crippen LogP contribution in [0.5, 0.6) is 0 Å². The minimum absolute atomic E-state index is 0.114. The maximum absolute atomic E-state index is 12.2. The summed E-state index contributed by atoms with van der Waals surface area (Å²) in [5.74, 6) is 2.15. The molecule has 0 saturated carbocycles. The number of hydrogen-bond donors (Lipinski definition) is 2. The van der Waals surface area contributed by atoms with Crippen LogP contribution in [-0.2, 0) is 16.8 Å². The zero-order valence-corrected chi connectivity index (χ0v) is 19.4. The number of nitrogens with zero attached hydrogens (tertiary/aromatic N) is 1. The largest absolute Gasteiger partial charge is 0.466 e. The Morgan fingerprint density at radius 2 is 2.10 bits per heavy atom. The van der Waals surface area contributed by atoms with Crippen molar-refractivity contribution in [3.05, 3.63) is 58.0 Å². The fourth-order valence-corrected chi connectivity index (χ4v) is 5.31. The summed E-state index contributed by atoms with van der Waals surface area (Å²) >= 11 is 0. The summed E-state index contributed by atoms with van der Waals surface area (Å²) in [6.45, 7) is 11.0. The van der Waals surface area contributed by atoms with Gasteiger partial charge in [0.25, 0.3) is 0 Å². The van der Waals surface area contributed by atoms with Crippen molar-refractivity contribution in [3.8, 4) is 0 Å². The molecule has 3 atom stereocenters. The molecule has 2 heterocycles. The van der Waals surface area contributed by atoms with Gasteiger partial charge in [0.15, 0.2) is 0 Å². The highest BCUT2D eigenvalue weighted by Crippen LogP contribution is 2.42. The lowest BCUT2D eigenvalue weighted by molar-refractivity contribution is -0.114. The van der Waals surface area contributed by atoms with Crippen molar-refractivity contribution >= 4 is 17.7 Å². The van der Waals surface area contributed by atoms with Crippen LogP contribution in [0, 0.1) is 19.8 Å². The average Bonchev–Trinajstić information content (AvgIpc) is 2.94. The van der Waals surface area contributed by atoms with Crippen LogP contribution in [0.3, 0.4) is 0 Å². The Bertz CT molecular complexity index is 1020. The van der Waals surface area contributed by atoms with Gasteiger partial charge in [0.2, 0.25) is 5.91 Å². The van der Waals surface area contributed by atoms with E-state index in [1.807, 2.05) is 12.1 Å². The molecule has 0 radical (unpaired) electrons. The van der Waals surface area contributed by atoms with Crippen LogP contribution in [0.1, 0.15) is 74.7 Å². The van der Waals surface area contributed by atoms with Gasteiger partial charge in [0.1, 0.15) is 11.5 Å². The van der Waals surface area contributed by atoms with E-state index in [0.29, 0.717) is 17.9 Å². The highest BCUT2D eigenvalue weighted by atomic mass is 16.3. The lowest BCUT2D eigenvalue weighted by Crippen LogP contribution is -2.57. The molecule has 1 aromatic carbocycles. The smallest absolute Gasteiger partial charge is 0.244 e. The first-order valence-corrected chi connectivity index (χ1v) is 11.5. The van der Waals surface area contributed by atoms with Crippen LogP contribution in [0.4, 0.5) is 5.69 Å². The third-order valence-electron chi connectivity index (χ3n) is 7.36. The van der Waals surface area contributed by atoms with Crippen LogP contribution in [0.2, 0.25) is 0 Å². The Kier molecular flexibility index (Phi) is 5.73. The second kappa shape index (κ2) is 8.19. The molecule has 4 rings (SSSR count). The number of fused-ring (bicyclic) bond motifs is 2. The molecule has 5 nitrogen and oxygen atoms in total. The number of amides is 1. The predicted octanol–water partition coefficient (Wildman–Crippen LogP) is 5.15. The summed E-state index contributed by atoms with van der Waals surface area (Å²) in [5, 5.41) is 2.33. The molecule has 2 aromatic rings. The fourth-order valence-electron chi connectivity index (χ4n) is 5.31. The van der Waals surface area contributed by atoms with Gasteiger partial charge in [0.05, 0.1) is 17.3 Å². The second-order valence-electron chi connectivity index (χ2n) is 9.50. The van der Waals surface area contributed by atoms with Crippen LogP contribution in [-0.4, -0.2) is 11.9 Å². The summed E-state index contributed by atoms with van der Waals surface area (Å²) in [7, 11) is 0. The third kappa shape index (κ3) is 3.80. The molecular formula is C26H35N3O2. The minimum atomic E-state index is -0.336. The Labute approximate surface area is 185 Å². The number of hydrazine groups is 1. The minimum Gasteiger partial charge on any atom is -0.466 e. The maximum Gasteiger partial charge on any atom is 0.244 e. The molecule has 3 unspecified atom stereocenters. The number of nitrogens with two attached hydrogens (primary N) is 1. The van der Waals surface area contributed by atoms with Crippen molar-refractivity contribution in [1.29, 1.82) is 0 Å². The van der Waals surface area contributed by atoms with Crippen LogP contribution >= 0.6 is 0 Å². The molecule has 1 aromatic heterocycles. The van der Waals surface area contributed by atoms with Crippen molar-refractivity contribution < 1.29 is 9.21 Å². The zero-order chi connectivity index (χ0) is 22.3. The van der Waals surface area contributed by atoms with E-state index in [9.17, 15) is 4.79 Å². The molecule has 0 fully saturated rings. The van der Waals surface area contributed by atoms with Gasteiger partial charge in [-0.3, -0.25) is 4.79 Å². The Hall–Kier alpha value is -2.53. The Morgan fingerprint density at radius 3 is 2.81 bits per heavy atom. The monoisotopic (exact) mass is 421 g/mol. The summed E-state index contributed by atoms with van der Waals surface area (Å²) < 4.78 is 6.13. The number of rotatable bonds is 5. The molecule has 2 aliphatic rings. The summed E-state index contributed by atoms with van der Waals surface area (Å²) in [4.78, 5) is 12.2. The number of para-hydroxylation sites is 1. The first-order valence-electron chi connectivity index (χ1n) is 11.5. The molecular weight excluding hydrogens is 386 g/mol. The van der Waals surface area contributed by atoms with Gasteiger partial charge in [-0.15, -0.1) is 0 Å². The van der Waals surface area contributed by atoms with Gasteiger partial charge in [-0.05, 0) is 69.2 Å². The summed E-state index contributed by atoms with van der Waals surface area (Å²) in [6.07, 6.45) is 6.71. The van der Waals surface area contributed by atoms with E-state index in [1.165, 1.54) is 11.1 Å². The van der Waals surface area contributed by atoms with Crippen molar-refractivity contribution in [2.75, 3.05) is 5.01 Å². The fraction of sp³-hybridized carbons (Fsp3) is 0.500. The summed E-state index contributed by atoms with van der Waals surface area (Å²) in [6, 6.07) is 8.39. The van der Waals surface area contributed by atoms with Crippen molar-refractivity contribution in [2.45, 2.75) is 78.3 Å². The van der Waals surface area contributed by atoms with E-state index in [2.05, 4.69) is 63.3 Å². The quantitative estimate of drug-likeness (QED) is 0.701.